The van der Waals surface area contributed by atoms with Crippen molar-refractivity contribution in [3.8, 4) is 11.1 Å². The van der Waals surface area contributed by atoms with Crippen LogP contribution in [0.15, 0.2) is 140 Å². The standard InChI is InChI=1S/C52H55N5O10S/c1-32(53-47(61)42(29-45(59)67-51(2,3)4)56-50(65)66-30-40-38-26-16-14-24-36(38)37-25-15-17-27-39(37)40)46(60)54-41(48(62)55-43(31-68)49(63)64)28-44(58)57-52(33-18-8-5-9-19-33,34-20-10-6-11-21-34)35-22-12-7-13-23-35/h5-27,32,40-43,68H,28-31H2,1-4H3,(H,53,61)(H,54,60)(H,55,62)(H,56,65)(H,57,58)(H,63,64)/t32-,41-,42-,43-/m0/s1. The summed E-state index contributed by atoms with van der Waals surface area (Å²) in [5.74, 6) is -6.49. The van der Waals surface area contributed by atoms with Gasteiger partial charge in [-0.15, -0.1) is 0 Å². The molecular formula is C52H55N5O10S. The minimum absolute atomic E-state index is 0.0877. The van der Waals surface area contributed by atoms with Crippen LogP contribution in [0.4, 0.5) is 4.79 Å². The van der Waals surface area contributed by atoms with Gasteiger partial charge in [0, 0.05) is 11.7 Å². The Morgan fingerprint density at radius 1 is 0.588 bits per heavy atom. The van der Waals surface area contributed by atoms with Gasteiger partial charge in [-0.1, -0.05) is 140 Å². The van der Waals surface area contributed by atoms with Crippen molar-refractivity contribution in [2.75, 3.05) is 12.4 Å². The molecule has 354 valence electrons. The fraction of sp³-hybridized carbons (Fsp3) is 0.288. The van der Waals surface area contributed by atoms with Crippen LogP contribution < -0.4 is 26.6 Å². The van der Waals surface area contributed by atoms with Crippen molar-refractivity contribution < 1.29 is 48.1 Å². The Morgan fingerprint density at radius 2 is 1.03 bits per heavy atom. The van der Waals surface area contributed by atoms with Crippen LogP contribution in [0.25, 0.3) is 11.1 Å². The highest BCUT2D eigenvalue weighted by atomic mass is 32.1. The van der Waals surface area contributed by atoms with E-state index in [4.69, 9.17) is 9.47 Å². The topological polar surface area (TPSA) is 218 Å². The molecule has 5 aromatic carbocycles. The highest BCUT2D eigenvalue weighted by Gasteiger charge is 2.40. The van der Waals surface area contributed by atoms with E-state index in [0.717, 1.165) is 22.3 Å². The second-order valence-corrected chi connectivity index (χ2v) is 17.7. The highest BCUT2D eigenvalue weighted by molar-refractivity contribution is 7.80. The minimum Gasteiger partial charge on any atom is -0.480 e. The largest absolute Gasteiger partial charge is 0.480 e. The van der Waals surface area contributed by atoms with Crippen LogP contribution >= 0.6 is 12.6 Å². The Bertz CT molecular complexity index is 2470. The Balaban J connectivity index is 1.21. The van der Waals surface area contributed by atoms with Crippen molar-refractivity contribution in [3.05, 3.63) is 167 Å². The molecule has 0 spiro atoms. The molecule has 0 aromatic heterocycles. The molecular weight excluding hydrogens is 887 g/mol. The Morgan fingerprint density at radius 3 is 1.50 bits per heavy atom. The Labute approximate surface area is 400 Å². The molecule has 5 aromatic rings. The lowest BCUT2D eigenvalue weighted by Gasteiger charge is -2.37. The van der Waals surface area contributed by atoms with Gasteiger partial charge in [-0.2, -0.15) is 12.6 Å². The number of benzene rings is 5. The number of fused-ring (bicyclic) bond motifs is 3. The predicted molar refractivity (Wildman–Crippen MR) is 257 cm³/mol. The van der Waals surface area contributed by atoms with E-state index < -0.39 is 89.8 Å². The van der Waals surface area contributed by atoms with E-state index >= 15 is 0 Å². The third-order valence-electron chi connectivity index (χ3n) is 11.3. The number of thiol groups is 1. The maximum atomic E-state index is 14.4. The zero-order valence-corrected chi connectivity index (χ0v) is 39.0. The fourth-order valence-electron chi connectivity index (χ4n) is 8.11. The number of carboxylic acid groups (broad SMARTS) is 1. The number of carbonyl (C=O) groups excluding carboxylic acids is 6. The van der Waals surface area contributed by atoms with Gasteiger partial charge in [0.15, 0.2) is 0 Å². The quantitative estimate of drug-likeness (QED) is 0.0308. The van der Waals surface area contributed by atoms with Gasteiger partial charge in [0.05, 0.1) is 12.8 Å². The maximum absolute atomic E-state index is 14.4. The molecule has 0 fully saturated rings. The van der Waals surface area contributed by atoms with Crippen LogP contribution in [-0.4, -0.2) is 88.9 Å². The number of esters is 1. The number of nitrogens with one attached hydrogen (secondary N) is 5. The van der Waals surface area contributed by atoms with Crippen LogP contribution in [0.5, 0.6) is 0 Å². The monoisotopic (exact) mass is 941 g/mol. The summed E-state index contributed by atoms with van der Waals surface area (Å²) in [5.41, 5.74) is 3.74. The smallest absolute Gasteiger partial charge is 0.407 e. The first-order chi connectivity index (χ1) is 32.5. The van der Waals surface area contributed by atoms with Crippen molar-refractivity contribution in [1.82, 2.24) is 26.6 Å². The highest BCUT2D eigenvalue weighted by Crippen LogP contribution is 2.44. The second kappa shape index (κ2) is 22.4. The van der Waals surface area contributed by atoms with E-state index in [2.05, 4.69) is 39.2 Å². The summed E-state index contributed by atoms with van der Waals surface area (Å²) in [7, 11) is 0. The van der Waals surface area contributed by atoms with E-state index in [-0.39, 0.29) is 18.3 Å². The van der Waals surface area contributed by atoms with Gasteiger partial charge in [0.1, 0.15) is 41.9 Å². The number of rotatable bonds is 19. The van der Waals surface area contributed by atoms with Crippen LogP contribution in [0.1, 0.15) is 74.3 Å². The number of carboxylic acids is 1. The molecule has 0 unspecified atom stereocenters. The van der Waals surface area contributed by atoms with Gasteiger partial charge in [-0.05, 0) is 66.6 Å². The molecule has 0 radical (unpaired) electrons. The third kappa shape index (κ3) is 12.3. The first-order valence-electron chi connectivity index (χ1n) is 22.1. The Hall–Kier alpha value is -7.46. The van der Waals surface area contributed by atoms with Crippen LogP contribution in [-0.2, 0) is 43.8 Å². The lowest BCUT2D eigenvalue weighted by molar-refractivity contribution is -0.156. The molecule has 15 nitrogen and oxygen atoms in total. The molecule has 6 N–H and O–H groups in total. The molecule has 0 bridgehead atoms. The molecule has 4 atom stereocenters. The van der Waals surface area contributed by atoms with E-state index in [9.17, 15) is 38.7 Å². The van der Waals surface area contributed by atoms with Crippen molar-refractivity contribution in [1.29, 1.82) is 0 Å². The molecule has 6 rings (SSSR count). The predicted octanol–water partition coefficient (Wildman–Crippen LogP) is 5.61. The minimum atomic E-state index is -1.68. The van der Waals surface area contributed by atoms with Gasteiger partial charge in [0.2, 0.25) is 23.6 Å². The van der Waals surface area contributed by atoms with E-state index in [1.165, 1.54) is 6.92 Å². The summed E-state index contributed by atoms with van der Waals surface area (Å²) < 4.78 is 11.1. The zero-order chi connectivity index (χ0) is 49.0. The van der Waals surface area contributed by atoms with Crippen molar-refractivity contribution in [2.45, 2.75) is 81.8 Å². The molecule has 1 aliphatic rings. The zero-order valence-electron chi connectivity index (χ0n) is 38.1. The summed E-state index contributed by atoms with van der Waals surface area (Å²) in [6.07, 6.45) is -2.33. The molecule has 0 saturated heterocycles. The van der Waals surface area contributed by atoms with Crippen molar-refractivity contribution in [2.24, 2.45) is 0 Å². The second-order valence-electron chi connectivity index (χ2n) is 17.3. The first-order valence-corrected chi connectivity index (χ1v) is 22.7. The van der Waals surface area contributed by atoms with Gasteiger partial charge >= 0.3 is 18.0 Å². The van der Waals surface area contributed by atoms with Gasteiger partial charge in [-0.25, -0.2) is 9.59 Å². The van der Waals surface area contributed by atoms with Gasteiger partial charge < -0.3 is 41.2 Å². The van der Waals surface area contributed by atoms with Crippen LogP contribution in [0, 0.1) is 0 Å². The summed E-state index contributed by atoms with van der Waals surface area (Å²) in [5, 5.41) is 22.6. The first kappa shape index (κ1) is 50.0. The average Bonchev–Trinajstić information content (AvgIpc) is 3.64. The number of alkyl carbamates (subject to hydrolysis) is 1. The van der Waals surface area contributed by atoms with Gasteiger partial charge in [-0.3, -0.25) is 24.0 Å². The number of amides is 5. The summed E-state index contributed by atoms with van der Waals surface area (Å²) in [6, 6.07) is 36.8. The number of carbonyl (C=O) groups is 7. The van der Waals surface area contributed by atoms with Crippen molar-refractivity contribution >= 4 is 54.3 Å². The summed E-state index contributed by atoms with van der Waals surface area (Å²) in [6.45, 7) is 6.11. The SMILES string of the molecule is C[C@H](NC(=O)[C@H](CC(=O)OC(C)(C)C)NC(=O)OCC1c2ccccc2-c2ccccc21)C(=O)N[C@@H](CC(=O)NC(c1ccccc1)(c1ccccc1)c1ccccc1)C(=O)N[C@@H](CS)C(=O)O. The number of aliphatic carboxylic acids is 1. The molecule has 0 saturated carbocycles. The average molecular weight is 942 g/mol. The fourth-order valence-corrected chi connectivity index (χ4v) is 8.36. The molecule has 1 aliphatic carbocycles. The third-order valence-corrected chi connectivity index (χ3v) is 11.6. The lowest BCUT2D eigenvalue weighted by Crippen LogP contribution is -2.58. The molecule has 5 amide bonds. The maximum Gasteiger partial charge on any atom is 0.407 e. The normalized spacial score (nSPS) is 13.8. The van der Waals surface area contributed by atoms with E-state index in [0.29, 0.717) is 16.7 Å². The molecule has 16 heteroatoms. The lowest BCUT2D eigenvalue weighted by atomic mass is 9.77. The number of ether oxygens (including phenoxy) is 2. The van der Waals surface area contributed by atoms with E-state index in [1.54, 1.807) is 20.8 Å². The Kier molecular flexibility index (Phi) is 16.4. The molecule has 68 heavy (non-hydrogen) atoms. The van der Waals surface area contributed by atoms with Crippen LogP contribution in [0.3, 0.4) is 0 Å². The van der Waals surface area contributed by atoms with Crippen molar-refractivity contribution in [3.63, 3.8) is 0 Å². The van der Waals surface area contributed by atoms with Crippen LogP contribution in [0.2, 0.25) is 0 Å². The van der Waals surface area contributed by atoms with Gasteiger partial charge in [0.25, 0.3) is 0 Å². The summed E-state index contributed by atoms with van der Waals surface area (Å²) in [4.78, 5) is 94.6. The molecule has 0 heterocycles. The summed E-state index contributed by atoms with van der Waals surface area (Å²) >= 11 is 4.05. The number of hydrogen-bond acceptors (Lipinski definition) is 10. The molecule has 0 aliphatic heterocycles. The number of hydrogen-bond donors (Lipinski definition) is 7. The van der Waals surface area contributed by atoms with E-state index in [1.807, 2.05) is 140 Å².